The Labute approximate surface area is 84.0 Å². The molecular formula is C9H17ClN2O. The molecule has 1 fully saturated rings. The molecule has 2 unspecified atom stereocenters. The van der Waals surface area contributed by atoms with Gasteiger partial charge in [-0.3, -0.25) is 4.79 Å². The van der Waals surface area contributed by atoms with Gasteiger partial charge in [-0.1, -0.05) is 13.8 Å². The van der Waals surface area contributed by atoms with E-state index in [1.807, 2.05) is 0 Å². The maximum Gasteiger partial charge on any atom is 0.238 e. The first-order valence-electron chi connectivity index (χ1n) is 4.68. The first kappa shape index (κ1) is 10.8. The zero-order valence-electron chi connectivity index (χ0n) is 8.14. The molecule has 3 nitrogen and oxygen atoms in total. The van der Waals surface area contributed by atoms with Gasteiger partial charge in [0.2, 0.25) is 5.91 Å². The summed E-state index contributed by atoms with van der Waals surface area (Å²) >= 11 is 6.13. The maximum absolute atomic E-state index is 11.1. The second-order valence-corrected chi connectivity index (χ2v) is 4.81. The zero-order chi connectivity index (χ0) is 10.1. The van der Waals surface area contributed by atoms with Crippen molar-refractivity contribution in [3.05, 3.63) is 0 Å². The van der Waals surface area contributed by atoms with Crippen molar-refractivity contribution in [2.24, 2.45) is 11.7 Å². The van der Waals surface area contributed by atoms with Gasteiger partial charge in [0.05, 0.1) is 0 Å². The number of carbonyl (C=O) groups is 1. The molecule has 0 aromatic carbocycles. The van der Waals surface area contributed by atoms with Gasteiger partial charge in [0.15, 0.2) is 0 Å². The van der Waals surface area contributed by atoms with E-state index in [0.717, 1.165) is 6.54 Å². The predicted molar refractivity (Wildman–Crippen MR) is 53.6 cm³/mol. The molecule has 0 spiro atoms. The minimum atomic E-state index is -0.819. The molecule has 4 heteroatoms. The van der Waals surface area contributed by atoms with Crippen LogP contribution in [0.4, 0.5) is 0 Å². The van der Waals surface area contributed by atoms with E-state index >= 15 is 0 Å². The van der Waals surface area contributed by atoms with Gasteiger partial charge in [0.25, 0.3) is 0 Å². The average molecular weight is 205 g/mol. The fraction of sp³-hybridized carbons (Fsp3) is 0.889. The normalized spacial score (nSPS) is 34.9. The van der Waals surface area contributed by atoms with Crippen LogP contribution in [0.15, 0.2) is 0 Å². The van der Waals surface area contributed by atoms with Crippen LogP contribution in [-0.4, -0.2) is 23.4 Å². The highest BCUT2D eigenvalue weighted by molar-refractivity contribution is 6.34. The number of carbonyl (C=O) groups excluding carboxylic acids is 1. The molecule has 0 aliphatic carbocycles. The van der Waals surface area contributed by atoms with Crippen LogP contribution in [0.5, 0.6) is 0 Å². The molecule has 0 bridgehead atoms. The maximum atomic E-state index is 11.1. The highest BCUT2D eigenvalue weighted by Crippen LogP contribution is 2.30. The molecule has 3 N–H and O–H groups in total. The van der Waals surface area contributed by atoms with E-state index in [0.29, 0.717) is 24.8 Å². The largest absolute Gasteiger partial charge is 0.368 e. The van der Waals surface area contributed by atoms with Crippen molar-refractivity contribution in [2.45, 2.75) is 37.6 Å². The number of halogens is 1. The number of hydrogen-bond donors (Lipinski definition) is 2. The van der Waals surface area contributed by atoms with Crippen molar-refractivity contribution >= 4 is 17.5 Å². The summed E-state index contributed by atoms with van der Waals surface area (Å²) in [7, 11) is 0. The van der Waals surface area contributed by atoms with Gasteiger partial charge >= 0.3 is 0 Å². The number of nitrogens with two attached hydrogens (primary N) is 1. The summed E-state index contributed by atoms with van der Waals surface area (Å²) in [5.41, 5.74) is 5.27. The van der Waals surface area contributed by atoms with E-state index in [9.17, 15) is 4.79 Å². The third-order valence-electron chi connectivity index (χ3n) is 2.72. The van der Waals surface area contributed by atoms with Crippen molar-refractivity contribution in [1.82, 2.24) is 5.32 Å². The molecule has 1 aliphatic heterocycles. The molecular weight excluding hydrogens is 188 g/mol. The monoisotopic (exact) mass is 204 g/mol. The summed E-state index contributed by atoms with van der Waals surface area (Å²) < 4.78 is 0. The molecule has 76 valence electrons. The van der Waals surface area contributed by atoms with Crippen molar-refractivity contribution < 1.29 is 4.79 Å². The number of piperidine rings is 1. The summed E-state index contributed by atoms with van der Waals surface area (Å²) in [6, 6.07) is 0.304. The Balaban J connectivity index is 2.65. The Hall–Kier alpha value is -0.280. The second-order valence-electron chi connectivity index (χ2n) is 4.09. The average Bonchev–Trinajstić information content (AvgIpc) is 2.04. The van der Waals surface area contributed by atoms with Crippen LogP contribution in [0.1, 0.15) is 26.7 Å². The number of rotatable bonds is 2. The fourth-order valence-corrected chi connectivity index (χ4v) is 1.93. The van der Waals surface area contributed by atoms with Gasteiger partial charge in [0, 0.05) is 6.04 Å². The number of primary amides is 1. The van der Waals surface area contributed by atoms with Gasteiger partial charge in [0.1, 0.15) is 4.87 Å². The van der Waals surface area contributed by atoms with Crippen LogP contribution in [-0.2, 0) is 4.79 Å². The van der Waals surface area contributed by atoms with Gasteiger partial charge in [-0.05, 0) is 25.3 Å². The Kier molecular flexibility index (Phi) is 3.19. The molecule has 0 radical (unpaired) electrons. The smallest absolute Gasteiger partial charge is 0.238 e. The highest BCUT2D eigenvalue weighted by Gasteiger charge is 2.40. The van der Waals surface area contributed by atoms with Crippen LogP contribution >= 0.6 is 11.6 Å². The molecule has 0 saturated carbocycles. The summed E-state index contributed by atoms with van der Waals surface area (Å²) in [4.78, 5) is 10.3. The fourth-order valence-electron chi connectivity index (χ4n) is 1.67. The summed E-state index contributed by atoms with van der Waals surface area (Å²) in [5, 5.41) is 3.34. The van der Waals surface area contributed by atoms with E-state index in [-0.39, 0.29) is 5.91 Å². The zero-order valence-corrected chi connectivity index (χ0v) is 8.90. The van der Waals surface area contributed by atoms with Crippen molar-refractivity contribution in [3.8, 4) is 0 Å². The molecule has 1 amide bonds. The van der Waals surface area contributed by atoms with Crippen LogP contribution in [0, 0.1) is 5.92 Å². The second kappa shape index (κ2) is 3.84. The lowest BCUT2D eigenvalue weighted by Crippen LogP contribution is -2.53. The highest BCUT2D eigenvalue weighted by atomic mass is 35.5. The van der Waals surface area contributed by atoms with Crippen LogP contribution < -0.4 is 11.1 Å². The molecule has 1 aliphatic rings. The number of amides is 1. The molecule has 2 atom stereocenters. The minimum Gasteiger partial charge on any atom is -0.368 e. The van der Waals surface area contributed by atoms with Gasteiger partial charge in [-0.2, -0.15) is 0 Å². The number of nitrogens with one attached hydrogen (secondary N) is 1. The van der Waals surface area contributed by atoms with Gasteiger partial charge in [-0.25, -0.2) is 0 Å². The first-order valence-corrected chi connectivity index (χ1v) is 5.06. The van der Waals surface area contributed by atoms with Crippen molar-refractivity contribution in [1.29, 1.82) is 0 Å². The van der Waals surface area contributed by atoms with E-state index in [1.54, 1.807) is 0 Å². The van der Waals surface area contributed by atoms with Gasteiger partial charge < -0.3 is 11.1 Å². The topological polar surface area (TPSA) is 55.1 Å². The SMILES string of the molecule is CC(C)C1CC(Cl)(C(N)=O)CCN1. The van der Waals surface area contributed by atoms with Crippen LogP contribution in [0.25, 0.3) is 0 Å². The van der Waals surface area contributed by atoms with E-state index < -0.39 is 4.87 Å². The third-order valence-corrected chi connectivity index (χ3v) is 3.25. The van der Waals surface area contributed by atoms with E-state index in [1.165, 1.54) is 0 Å². The lowest BCUT2D eigenvalue weighted by Gasteiger charge is -2.36. The quantitative estimate of drug-likeness (QED) is 0.656. The Morgan fingerprint density at radius 2 is 2.31 bits per heavy atom. The standard InChI is InChI=1S/C9H17ClN2O/c1-6(2)7-5-9(10,8(11)13)3-4-12-7/h6-7,12H,3-5H2,1-2H3,(H2,11,13). The van der Waals surface area contributed by atoms with Crippen LogP contribution in [0.3, 0.4) is 0 Å². The molecule has 1 rings (SSSR count). The van der Waals surface area contributed by atoms with Crippen molar-refractivity contribution in [2.75, 3.05) is 6.54 Å². The molecule has 1 heterocycles. The third kappa shape index (κ3) is 2.35. The lowest BCUT2D eigenvalue weighted by atomic mass is 9.86. The Morgan fingerprint density at radius 1 is 1.69 bits per heavy atom. The summed E-state index contributed by atoms with van der Waals surface area (Å²) in [6.07, 6.45) is 1.27. The van der Waals surface area contributed by atoms with Gasteiger partial charge in [-0.15, -0.1) is 11.6 Å². The summed E-state index contributed by atoms with van der Waals surface area (Å²) in [6.45, 7) is 5.00. The lowest BCUT2D eigenvalue weighted by molar-refractivity contribution is -0.121. The molecule has 1 saturated heterocycles. The summed E-state index contributed by atoms with van der Waals surface area (Å²) in [5.74, 6) is 0.0964. The number of hydrogen-bond acceptors (Lipinski definition) is 2. The molecule has 0 aromatic heterocycles. The van der Waals surface area contributed by atoms with Crippen molar-refractivity contribution in [3.63, 3.8) is 0 Å². The predicted octanol–water partition coefficient (Wildman–Crippen LogP) is 0.857. The van der Waals surface area contributed by atoms with Crippen LogP contribution in [0.2, 0.25) is 0 Å². The molecule has 13 heavy (non-hydrogen) atoms. The number of alkyl halides is 1. The Morgan fingerprint density at radius 3 is 2.77 bits per heavy atom. The Bertz CT molecular complexity index is 208. The minimum absolute atomic E-state index is 0.304. The molecule has 0 aromatic rings. The van der Waals surface area contributed by atoms with E-state index in [2.05, 4.69) is 19.2 Å². The first-order chi connectivity index (χ1) is 5.96. The van der Waals surface area contributed by atoms with E-state index in [4.69, 9.17) is 17.3 Å².